The van der Waals surface area contributed by atoms with Gasteiger partial charge in [-0.15, -0.1) is 0 Å². The van der Waals surface area contributed by atoms with E-state index in [1.807, 2.05) is 0 Å². The second kappa shape index (κ2) is 5.61. The first-order valence-corrected chi connectivity index (χ1v) is 7.54. The van der Waals surface area contributed by atoms with E-state index in [9.17, 15) is 9.90 Å². The number of aliphatic hydroxyl groups excluding tert-OH is 1. The van der Waals surface area contributed by atoms with Gasteiger partial charge in [0.1, 0.15) is 0 Å². The molecule has 0 radical (unpaired) electrons. The number of fused-ring (bicyclic) bond motifs is 2. The maximum absolute atomic E-state index is 11.1. The van der Waals surface area contributed by atoms with Gasteiger partial charge in [-0.25, -0.2) is 0 Å². The molecule has 0 saturated heterocycles. The molecular weight excluding hydrogens is 248 g/mol. The summed E-state index contributed by atoms with van der Waals surface area (Å²) in [6.07, 6.45) is 2.89. The van der Waals surface area contributed by atoms with Crippen LogP contribution in [0, 0.1) is 11.8 Å². The summed E-state index contributed by atoms with van der Waals surface area (Å²) in [5.41, 5.74) is 0. The van der Waals surface area contributed by atoms with Gasteiger partial charge in [0.25, 0.3) is 0 Å². The third-order valence-electron chi connectivity index (χ3n) is 3.73. The fourth-order valence-corrected chi connectivity index (χ4v) is 3.89. The Bertz CT molecular complexity index is 355. The molecule has 2 bridgehead atoms. The number of thioether (sulfide) groups is 1. The summed E-state index contributed by atoms with van der Waals surface area (Å²) in [5, 5.41) is 14.3. The maximum Gasteiger partial charge on any atom is 0.244 e. The zero-order chi connectivity index (χ0) is 13.3. The fourth-order valence-electron chi connectivity index (χ4n) is 3.04. The molecule has 0 unspecified atom stereocenters. The Balaban J connectivity index is 1.96. The molecule has 2 fully saturated rings. The van der Waals surface area contributed by atoms with Gasteiger partial charge in [-0.3, -0.25) is 4.79 Å². The number of carbonyl (C=O) groups is 1. The number of amidine groups is 1. The Morgan fingerprint density at radius 1 is 1.33 bits per heavy atom. The average molecular weight is 270 g/mol. The van der Waals surface area contributed by atoms with Crippen molar-refractivity contribution in [3.63, 3.8) is 0 Å². The number of aliphatic hydroxyl groups is 1. The molecule has 0 heterocycles. The molecule has 2 saturated carbocycles. The van der Waals surface area contributed by atoms with Gasteiger partial charge in [-0.05, 0) is 31.1 Å². The minimum Gasteiger partial charge on any atom is -0.393 e. The van der Waals surface area contributed by atoms with Crippen LogP contribution in [0.3, 0.4) is 0 Å². The van der Waals surface area contributed by atoms with Gasteiger partial charge in [-0.2, -0.15) is 4.99 Å². The van der Waals surface area contributed by atoms with E-state index in [1.165, 1.54) is 6.92 Å². The van der Waals surface area contributed by atoms with E-state index in [-0.39, 0.29) is 12.0 Å². The second-order valence-corrected chi connectivity index (χ2v) is 7.21. The van der Waals surface area contributed by atoms with Crippen molar-refractivity contribution in [1.29, 1.82) is 0 Å². The largest absolute Gasteiger partial charge is 0.393 e. The lowest BCUT2D eigenvalue weighted by molar-refractivity contribution is -0.115. The monoisotopic (exact) mass is 270 g/mol. The van der Waals surface area contributed by atoms with Crippen molar-refractivity contribution in [3.05, 3.63) is 0 Å². The molecule has 4 atom stereocenters. The van der Waals surface area contributed by atoms with E-state index in [4.69, 9.17) is 0 Å². The highest BCUT2D eigenvalue weighted by molar-refractivity contribution is 8.14. The number of carbonyl (C=O) groups excluding carboxylic acids is 1. The summed E-state index contributed by atoms with van der Waals surface area (Å²) in [7, 11) is 0. The van der Waals surface area contributed by atoms with Gasteiger partial charge in [-0.1, -0.05) is 25.6 Å². The molecule has 0 aliphatic heterocycles. The number of hydrogen-bond donors (Lipinski definition) is 2. The normalized spacial score (nSPS) is 35.3. The van der Waals surface area contributed by atoms with Gasteiger partial charge in [0.2, 0.25) is 5.91 Å². The molecule has 0 aromatic rings. The van der Waals surface area contributed by atoms with Crippen molar-refractivity contribution < 1.29 is 9.90 Å². The number of nitrogens with one attached hydrogen (secondary N) is 1. The summed E-state index contributed by atoms with van der Waals surface area (Å²) < 4.78 is 0. The van der Waals surface area contributed by atoms with Gasteiger partial charge < -0.3 is 10.4 Å². The average Bonchev–Trinajstić information content (AvgIpc) is 2.74. The van der Waals surface area contributed by atoms with Crippen molar-refractivity contribution in [3.8, 4) is 0 Å². The lowest BCUT2D eigenvalue weighted by atomic mass is 9.93. The number of hydrogen-bond acceptors (Lipinski definition) is 3. The summed E-state index contributed by atoms with van der Waals surface area (Å²) in [5.74, 6) is 0.818. The third kappa shape index (κ3) is 3.26. The van der Waals surface area contributed by atoms with E-state index in [0.717, 1.165) is 24.4 Å². The molecule has 2 N–H and O–H groups in total. The minimum atomic E-state index is -0.158. The molecule has 2 aliphatic carbocycles. The van der Waals surface area contributed by atoms with E-state index in [0.29, 0.717) is 23.1 Å². The molecule has 102 valence electrons. The molecule has 5 heteroatoms. The molecule has 1 amide bonds. The topological polar surface area (TPSA) is 61.7 Å². The summed E-state index contributed by atoms with van der Waals surface area (Å²) in [6, 6.07) is 0.378. The Hall–Kier alpha value is -0.550. The zero-order valence-corrected chi connectivity index (χ0v) is 12.0. The van der Waals surface area contributed by atoms with Crippen molar-refractivity contribution in [2.75, 3.05) is 0 Å². The Kier molecular flexibility index (Phi) is 4.33. The maximum atomic E-state index is 11.1. The van der Waals surface area contributed by atoms with Crippen LogP contribution in [0.15, 0.2) is 4.99 Å². The molecule has 2 rings (SSSR count). The second-order valence-electron chi connectivity index (χ2n) is 5.65. The predicted octanol–water partition coefficient (Wildman–Crippen LogP) is 1.78. The molecule has 4 nitrogen and oxygen atoms in total. The van der Waals surface area contributed by atoms with Crippen molar-refractivity contribution >= 4 is 22.8 Å². The van der Waals surface area contributed by atoms with Crippen LogP contribution < -0.4 is 5.32 Å². The van der Waals surface area contributed by atoms with Crippen molar-refractivity contribution in [2.24, 2.45) is 16.8 Å². The van der Waals surface area contributed by atoms with Gasteiger partial charge in [0.15, 0.2) is 5.17 Å². The Morgan fingerprint density at radius 2 is 2.06 bits per heavy atom. The van der Waals surface area contributed by atoms with Gasteiger partial charge in [0.05, 0.1) is 6.10 Å². The van der Waals surface area contributed by atoms with Crippen LogP contribution in [0.2, 0.25) is 0 Å². The van der Waals surface area contributed by atoms with E-state index >= 15 is 0 Å². The first kappa shape index (κ1) is 13.9. The van der Waals surface area contributed by atoms with E-state index in [2.05, 4.69) is 24.2 Å². The lowest BCUT2D eigenvalue weighted by Gasteiger charge is -2.27. The first-order chi connectivity index (χ1) is 8.45. The highest BCUT2D eigenvalue weighted by atomic mass is 32.2. The molecule has 0 aromatic heterocycles. The van der Waals surface area contributed by atoms with Gasteiger partial charge in [0, 0.05) is 18.2 Å². The summed E-state index contributed by atoms with van der Waals surface area (Å²) in [6.45, 7) is 5.66. The highest BCUT2D eigenvalue weighted by Gasteiger charge is 2.45. The van der Waals surface area contributed by atoms with E-state index in [1.54, 1.807) is 11.8 Å². The van der Waals surface area contributed by atoms with Crippen molar-refractivity contribution in [1.82, 2.24) is 5.32 Å². The van der Waals surface area contributed by atoms with Crippen molar-refractivity contribution in [2.45, 2.75) is 57.4 Å². The molecule has 2 aliphatic rings. The molecule has 18 heavy (non-hydrogen) atoms. The number of nitrogens with zero attached hydrogens (tertiary/aromatic N) is 1. The summed E-state index contributed by atoms with van der Waals surface area (Å²) >= 11 is 1.60. The SMILES string of the molecule is CC(=O)/N=C(/N[C@H]1C[C@H]2C[C@@H]1C[C@@H]2O)SC(C)C. The van der Waals surface area contributed by atoms with Crippen LogP contribution in [0.5, 0.6) is 0 Å². The standard InChI is InChI=1S/C13H22N2O2S/c1-7(2)18-13(14-8(3)16)15-11-5-10-4-9(11)6-12(10)17/h7,9-12,17H,4-6H2,1-3H3,(H,14,15,16)/t9-,10-,11+,12+/m1/s1. The Morgan fingerprint density at radius 3 is 2.50 bits per heavy atom. The zero-order valence-electron chi connectivity index (χ0n) is 11.2. The quantitative estimate of drug-likeness (QED) is 0.593. The molecular formula is C13H22N2O2S. The van der Waals surface area contributed by atoms with E-state index < -0.39 is 0 Å². The molecule has 0 spiro atoms. The predicted molar refractivity (Wildman–Crippen MR) is 74.6 cm³/mol. The summed E-state index contributed by atoms with van der Waals surface area (Å²) in [4.78, 5) is 15.2. The fraction of sp³-hybridized carbons (Fsp3) is 0.846. The van der Waals surface area contributed by atoms with Crippen LogP contribution in [-0.4, -0.2) is 33.6 Å². The number of rotatable bonds is 2. The smallest absolute Gasteiger partial charge is 0.244 e. The number of amides is 1. The van der Waals surface area contributed by atoms with Gasteiger partial charge >= 0.3 is 0 Å². The molecule has 0 aromatic carbocycles. The van der Waals surface area contributed by atoms with Crippen LogP contribution in [-0.2, 0) is 4.79 Å². The third-order valence-corrected chi connectivity index (χ3v) is 4.64. The Labute approximate surface area is 113 Å². The number of aliphatic imine (C=N–C) groups is 1. The van der Waals surface area contributed by atoms with Crippen LogP contribution in [0.25, 0.3) is 0 Å². The minimum absolute atomic E-state index is 0.112. The van der Waals surface area contributed by atoms with Crippen LogP contribution in [0.4, 0.5) is 0 Å². The lowest BCUT2D eigenvalue weighted by Crippen LogP contribution is -2.40. The first-order valence-electron chi connectivity index (χ1n) is 6.66. The van der Waals surface area contributed by atoms with Crippen LogP contribution >= 0.6 is 11.8 Å². The highest BCUT2D eigenvalue weighted by Crippen LogP contribution is 2.44. The van der Waals surface area contributed by atoms with Crippen LogP contribution in [0.1, 0.15) is 40.0 Å².